The lowest BCUT2D eigenvalue weighted by molar-refractivity contribution is 0.386. The van der Waals surface area contributed by atoms with Crippen molar-refractivity contribution in [1.29, 1.82) is 0 Å². The first-order valence-corrected chi connectivity index (χ1v) is 7.71. The summed E-state index contributed by atoms with van der Waals surface area (Å²) in [6.45, 7) is 0. The molecule has 3 nitrogen and oxygen atoms in total. The van der Waals surface area contributed by atoms with E-state index in [2.05, 4.69) is 37.3 Å². The molecule has 0 saturated carbocycles. The second kappa shape index (κ2) is 6.32. The first-order valence-electron chi connectivity index (χ1n) is 5.31. The molecule has 1 aromatic heterocycles. The molecule has 7 heteroatoms. The minimum atomic E-state index is -0.407. The van der Waals surface area contributed by atoms with Gasteiger partial charge in [-0.1, -0.05) is 6.07 Å². The average Bonchev–Trinajstić information content (AvgIpc) is 2.70. The van der Waals surface area contributed by atoms with E-state index < -0.39 is 5.82 Å². The first kappa shape index (κ1) is 14.9. The van der Waals surface area contributed by atoms with Gasteiger partial charge in [-0.05, 0) is 55.6 Å². The number of benzene rings is 1. The fraction of sp³-hybridized carbons (Fsp3) is 0.167. The number of ether oxygens (including phenoxy) is 1. The maximum Gasteiger partial charge on any atom is 0.165 e. The van der Waals surface area contributed by atoms with Crippen LogP contribution in [0.3, 0.4) is 0 Å². The van der Waals surface area contributed by atoms with Crippen molar-refractivity contribution in [2.75, 3.05) is 7.11 Å². The van der Waals surface area contributed by atoms with Gasteiger partial charge in [-0.2, -0.15) is 0 Å². The SMILES string of the molecule is COc1ccc(C(NN)c2cc(Br)c(Br)s2)cc1F. The maximum atomic E-state index is 13.7. The van der Waals surface area contributed by atoms with Crippen LogP contribution in [0.5, 0.6) is 5.75 Å². The van der Waals surface area contributed by atoms with E-state index in [0.29, 0.717) is 0 Å². The van der Waals surface area contributed by atoms with Crippen LogP contribution in [0.4, 0.5) is 4.39 Å². The Morgan fingerprint density at radius 2 is 2.11 bits per heavy atom. The van der Waals surface area contributed by atoms with Gasteiger partial charge in [-0.25, -0.2) is 9.82 Å². The van der Waals surface area contributed by atoms with Crippen molar-refractivity contribution in [3.05, 3.63) is 48.8 Å². The number of rotatable bonds is 4. The largest absolute Gasteiger partial charge is 0.494 e. The number of hydrogen-bond donors (Lipinski definition) is 2. The molecule has 1 aromatic carbocycles. The molecule has 0 aliphatic carbocycles. The molecule has 3 N–H and O–H groups in total. The van der Waals surface area contributed by atoms with E-state index in [1.807, 2.05) is 6.07 Å². The summed E-state index contributed by atoms with van der Waals surface area (Å²) < 4.78 is 20.6. The standard InChI is InChI=1S/C12H11Br2FN2OS/c1-18-9-3-2-6(4-8(9)15)11(17-16)10-5-7(13)12(14)19-10/h2-5,11,17H,16H2,1H3. The van der Waals surface area contributed by atoms with Crippen molar-refractivity contribution in [2.24, 2.45) is 5.84 Å². The Morgan fingerprint density at radius 1 is 1.37 bits per heavy atom. The molecule has 1 heterocycles. The molecule has 0 radical (unpaired) electrons. The third kappa shape index (κ3) is 3.17. The Balaban J connectivity index is 2.39. The predicted molar refractivity (Wildman–Crippen MR) is 81.8 cm³/mol. The van der Waals surface area contributed by atoms with Crippen LogP contribution in [0.15, 0.2) is 32.5 Å². The van der Waals surface area contributed by atoms with Gasteiger partial charge in [0.05, 0.1) is 16.9 Å². The summed E-state index contributed by atoms with van der Waals surface area (Å²) in [5, 5.41) is 0. The van der Waals surface area contributed by atoms with E-state index in [1.165, 1.54) is 24.5 Å². The van der Waals surface area contributed by atoms with Crippen molar-refractivity contribution in [1.82, 2.24) is 5.43 Å². The van der Waals surface area contributed by atoms with Gasteiger partial charge in [0.2, 0.25) is 0 Å². The van der Waals surface area contributed by atoms with E-state index in [0.717, 1.165) is 18.7 Å². The van der Waals surface area contributed by atoms with Gasteiger partial charge in [-0.15, -0.1) is 11.3 Å². The van der Waals surface area contributed by atoms with E-state index in [-0.39, 0.29) is 11.8 Å². The molecule has 19 heavy (non-hydrogen) atoms. The first-order chi connectivity index (χ1) is 9.06. The van der Waals surface area contributed by atoms with Gasteiger partial charge in [0.15, 0.2) is 11.6 Å². The van der Waals surface area contributed by atoms with E-state index in [1.54, 1.807) is 12.1 Å². The van der Waals surface area contributed by atoms with Gasteiger partial charge in [0.25, 0.3) is 0 Å². The van der Waals surface area contributed by atoms with Gasteiger partial charge >= 0.3 is 0 Å². The second-order valence-corrected chi connectivity index (χ2v) is 7.02. The van der Waals surface area contributed by atoms with E-state index in [9.17, 15) is 4.39 Å². The molecule has 0 bridgehead atoms. The summed E-state index contributed by atoms with van der Waals surface area (Å²) in [7, 11) is 1.43. The second-order valence-electron chi connectivity index (χ2n) is 3.76. The molecule has 2 aromatic rings. The van der Waals surface area contributed by atoms with Crippen molar-refractivity contribution in [3.63, 3.8) is 0 Å². The fourth-order valence-electron chi connectivity index (χ4n) is 1.71. The van der Waals surface area contributed by atoms with Crippen molar-refractivity contribution in [3.8, 4) is 5.75 Å². The highest BCUT2D eigenvalue weighted by Gasteiger charge is 2.18. The third-order valence-corrected chi connectivity index (χ3v) is 5.95. The molecule has 0 amide bonds. The highest BCUT2D eigenvalue weighted by atomic mass is 79.9. The van der Waals surface area contributed by atoms with E-state index in [4.69, 9.17) is 10.6 Å². The minimum Gasteiger partial charge on any atom is -0.494 e. The highest BCUT2D eigenvalue weighted by Crippen LogP contribution is 2.37. The molecule has 0 aliphatic heterocycles. The monoisotopic (exact) mass is 408 g/mol. The molecule has 0 saturated heterocycles. The molecule has 0 fully saturated rings. The maximum absolute atomic E-state index is 13.7. The zero-order chi connectivity index (χ0) is 14.0. The molecule has 0 aliphatic rings. The van der Waals surface area contributed by atoms with Gasteiger partial charge < -0.3 is 4.74 Å². The lowest BCUT2D eigenvalue weighted by Crippen LogP contribution is -2.28. The van der Waals surface area contributed by atoms with Crippen LogP contribution in [-0.2, 0) is 0 Å². The summed E-state index contributed by atoms with van der Waals surface area (Å²) in [6, 6.07) is 6.47. The molecule has 0 spiro atoms. The quantitative estimate of drug-likeness (QED) is 0.593. The molecule has 2 rings (SSSR count). The predicted octanol–water partition coefficient (Wildman–Crippen LogP) is 3.97. The van der Waals surface area contributed by atoms with Crippen LogP contribution < -0.4 is 16.0 Å². The average molecular weight is 410 g/mol. The number of hydrazine groups is 1. The number of nitrogens with one attached hydrogen (secondary N) is 1. The summed E-state index contributed by atoms with van der Waals surface area (Å²) >= 11 is 8.39. The Labute approximate surface area is 131 Å². The Bertz CT molecular complexity index is 572. The summed E-state index contributed by atoms with van der Waals surface area (Å²) in [6.07, 6.45) is 0. The van der Waals surface area contributed by atoms with Gasteiger partial charge in [0, 0.05) is 9.35 Å². The summed E-state index contributed by atoms with van der Waals surface area (Å²) in [4.78, 5) is 0.978. The molecule has 102 valence electrons. The zero-order valence-corrected chi connectivity index (χ0v) is 13.9. The van der Waals surface area contributed by atoms with Gasteiger partial charge in [0.1, 0.15) is 0 Å². The number of hydrogen-bond acceptors (Lipinski definition) is 4. The van der Waals surface area contributed by atoms with Crippen LogP contribution in [0.25, 0.3) is 0 Å². The molecular formula is C12H11Br2FN2OS. The van der Waals surface area contributed by atoms with Crippen LogP contribution >= 0.6 is 43.2 Å². The van der Waals surface area contributed by atoms with Crippen LogP contribution in [0, 0.1) is 5.82 Å². The van der Waals surface area contributed by atoms with Crippen LogP contribution in [0.1, 0.15) is 16.5 Å². The molecule has 1 atom stereocenters. The Morgan fingerprint density at radius 3 is 2.58 bits per heavy atom. The van der Waals surface area contributed by atoms with Gasteiger partial charge in [-0.3, -0.25) is 5.84 Å². The number of nitrogens with two attached hydrogens (primary N) is 1. The van der Waals surface area contributed by atoms with Crippen LogP contribution in [0.2, 0.25) is 0 Å². The Kier molecular flexibility index (Phi) is 4.97. The fourth-order valence-corrected chi connectivity index (χ4v) is 3.89. The summed E-state index contributed by atoms with van der Waals surface area (Å²) in [5.41, 5.74) is 3.44. The van der Waals surface area contributed by atoms with E-state index >= 15 is 0 Å². The lowest BCUT2D eigenvalue weighted by Gasteiger charge is -2.15. The normalized spacial score (nSPS) is 12.5. The third-order valence-electron chi connectivity index (χ3n) is 2.62. The minimum absolute atomic E-state index is 0.216. The number of thiophene rings is 1. The zero-order valence-electron chi connectivity index (χ0n) is 9.91. The van der Waals surface area contributed by atoms with Crippen molar-refractivity contribution >= 4 is 43.2 Å². The number of halogens is 3. The molecular weight excluding hydrogens is 399 g/mol. The topological polar surface area (TPSA) is 47.3 Å². The number of methoxy groups -OCH3 is 1. The highest BCUT2D eigenvalue weighted by molar-refractivity contribution is 9.13. The molecule has 1 unspecified atom stereocenters. The van der Waals surface area contributed by atoms with Crippen molar-refractivity contribution in [2.45, 2.75) is 6.04 Å². The van der Waals surface area contributed by atoms with Crippen LogP contribution in [-0.4, -0.2) is 7.11 Å². The van der Waals surface area contributed by atoms with Crippen molar-refractivity contribution < 1.29 is 9.13 Å². The smallest absolute Gasteiger partial charge is 0.165 e. The summed E-state index contributed by atoms with van der Waals surface area (Å²) in [5.74, 6) is 5.40. The lowest BCUT2D eigenvalue weighted by atomic mass is 10.1. The Hall–Kier alpha value is -0.470.